The third-order valence-corrected chi connectivity index (χ3v) is 2.18. The molecule has 0 aliphatic carbocycles. The Labute approximate surface area is 101 Å². The first-order valence-electron chi connectivity index (χ1n) is 5.38. The van der Waals surface area contributed by atoms with Gasteiger partial charge in [-0.1, -0.05) is 6.92 Å². The number of rotatable bonds is 5. The van der Waals surface area contributed by atoms with Gasteiger partial charge < -0.3 is 15.0 Å². The molecule has 5 nitrogen and oxygen atoms in total. The first kappa shape index (κ1) is 14.5. The minimum atomic E-state index is -4.42. The number of hydrogen-bond donors (Lipinski definition) is 2. The zero-order chi connectivity index (χ0) is 13.8. The fourth-order valence-electron chi connectivity index (χ4n) is 1.44. The molecule has 0 aromatic carbocycles. The van der Waals surface area contributed by atoms with Crippen molar-refractivity contribution in [2.24, 2.45) is 0 Å². The quantitative estimate of drug-likeness (QED) is 0.822. The molecule has 0 saturated carbocycles. The lowest BCUT2D eigenvalue weighted by atomic mass is 10.4. The molecule has 0 atom stereocenters. The molecule has 102 valence electrons. The summed E-state index contributed by atoms with van der Waals surface area (Å²) in [5.41, 5.74) is -0.512. The van der Waals surface area contributed by atoms with Gasteiger partial charge in [-0.25, -0.2) is 4.98 Å². The molecule has 1 aromatic heterocycles. The van der Waals surface area contributed by atoms with Gasteiger partial charge in [0, 0.05) is 19.0 Å². The molecule has 1 aromatic rings. The number of aryl methyl sites for hydroxylation is 1. The molecule has 0 fully saturated rings. The predicted octanol–water partition coefficient (Wildman–Crippen LogP) is 0.693. The maximum Gasteiger partial charge on any atom is 0.405 e. The average molecular weight is 265 g/mol. The van der Waals surface area contributed by atoms with Crippen molar-refractivity contribution in [3.05, 3.63) is 22.2 Å². The smallest absolute Gasteiger partial charge is 0.395 e. The van der Waals surface area contributed by atoms with Gasteiger partial charge in [0.2, 0.25) is 0 Å². The molecule has 0 radical (unpaired) electrons. The first-order valence-corrected chi connectivity index (χ1v) is 5.38. The van der Waals surface area contributed by atoms with Gasteiger partial charge in [-0.2, -0.15) is 13.2 Å². The first-order chi connectivity index (χ1) is 8.35. The summed E-state index contributed by atoms with van der Waals surface area (Å²) >= 11 is 0. The number of halogens is 3. The fraction of sp³-hybridized carbons (Fsp3) is 0.600. The Morgan fingerprint density at radius 2 is 2.17 bits per heavy atom. The van der Waals surface area contributed by atoms with Crippen LogP contribution in [0.5, 0.6) is 0 Å². The van der Waals surface area contributed by atoms with Gasteiger partial charge in [0.1, 0.15) is 18.2 Å². The van der Waals surface area contributed by atoms with Crippen LogP contribution >= 0.6 is 0 Å². The highest BCUT2D eigenvalue weighted by Crippen LogP contribution is 2.19. The fourth-order valence-corrected chi connectivity index (χ4v) is 1.44. The monoisotopic (exact) mass is 265 g/mol. The molecule has 0 spiro atoms. The molecule has 0 amide bonds. The highest BCUT2D eigenvalue weighted by molar-refractivity contribution is 5.37. The van der Waals surface area contributed by atoms with E-state index in [9.17, 15) is 18.0 Å². The van der Waals surface area contributed by atoms with Gasteiger partial charge in [0.05, 0.1) is 6.61 Å². The minimum Gasteiger partial charge on any atom is -0.395 e. The normalized spacial score (nSPS) is 11.6. The topological polar surface area (TPSA) is 69.2 Å². The number of aliphatic hydroxyl groups excluding tert-OH is 1. The molecule has 0 bridgehead atoms. The van der Waals surface area contributed by atoms with E-state index in [-0.39, 0.29) is 12.4 Å². The van der Waals surface area contributed by atoms with Crippen LogP contribution < -0.4 is 10.5 Å². The second-order valence-corrected chi connectivity index (χ2v) is 3.66. The molecular weight excluding hydrogens is 251 g/mol. The number of anilines is 1. The maximum absolute atomic E-state index is 12.4. The summed E-state index contributed by atoms with van der Waals surface area (Å²) in [5.74, 6) is 0.226. The van der Waals surface area contributed by atoms with E-state index in [1.165, 1.54) is 0 Å². The van der Waals surface area contributed by atoms with Crippen LogP contribution in [0.25, 0.3) is 0 Å². The van der Waals surface area contributed by atoms with Crippen molar-refractivity contribution in [1.29, 1.82) is 0 Å². The third kappa shape index (κ3) is 4.36. The van der Waals surface area contributed by atoms with Crippen molar-refractivity contribution in [3.63, 3.8) is 0 Å². The molecule has 1 rings (SSSR count). The zero-order valence-corrected chi connectivity index (χ0v) is 9.79. The number of aromatic amines is 1. The van der Waals surface area contributed by atoms with Crippen LogP contribution in [-0.2, 0) is 6.42 Å². The second-order valence-electron chi connectivity index (χ2n) is 3.66. The Morgan fingerprint density at radius 1 is 1.50 bits per heavy atom. The number of nitrogens with one attached hydrogen (secondary N) is 1. The summed E-state index contributed by atoms with van der Waals surface area (Å²) in [4.78, 5) is 18.4. The van der Waals surface area contributed by atoms with Gasteiger partial charge in [-0.15, -0.1) is 0 Å². The van der Waals surface area contributed by atoms with E-state index in [4.69, 9.17) is 5.11 Å². The molecule has 8 heteroatoms. The van der Waals surface area contributed by atoms with Crippen molar-refractivity contribution in [2.75, 3.05) is 24.6 Å². The summed E-state index contributed by atoms with van der Waals surface area (Å²) in [5, 5.41) is 8.77. The highest BCUT2D eigenvalue weighted by Gasteiger charge is 2.31. The Balaban J connectivity index is 3.04. The standard InChI is InChI=1S/C10H14F3N3O2/c1-2-7-14-8(5-9(18)15-7)16(3-4-17)6-10(11,12)13/h5,17H,2-4,6H2,1H3,(H,14,15,18). The van der Waals surface area contributed by atoms with E-state index in [2.05, 4.69) is 9.97 Å². The highest BCUT2D eigenvalue weighted by atomic mass is 19.4. The van der Waals surface area contributed by atoms with Gasteiger partial charge in [0.25, 0.3) is 5.56 Å². The van der Waals surface area contributed by atoms with E-state index >= 15 is 0 Å². The molecule has 0 aliphatic heterocycles. The number of aromatic nitrogens is 2. The van der Waals surface area contributed by atoms with Crippen LogP contribution in [0.3, 0.4) is 0 Å². The molecule has 18 heavy (non-hydrogen) atoms. The Hall–Kier alpha value is -1.57. The molecule has 2 N–H and O–H groups in total. The van der Waals surface area contributed by atoms with E-state index < -0.39 is 24.9 Å². The van der Waals surface area contributed by atoms with Gasteiger partial charge >= 0.3 is 6.18 Å². The van der Waals surface area contributed by atoms with Crippen LogP contribution in [0.2, 0.25) is 0 Å². The second kappa shape index (κ2) is 5.85. The number of aliphatic hydroxyl groups is 1. The van der Waals surface area contributed by atoms with Crippen LogP contribution in [0.15, 0.2) is 10.9 Å². The van der Waals surface area contributed by atoms with E-state index in [0.717, 1.165) is 11.0 Å². The van der Waals surface area contributed by atoms with Crippen LogP contribution in [-0.4, -0.2) is 40.9 Å². The molecule has 0 saturated heterocycles. The lowest BCUT2D eigenvalue weighted by Gasteiger charge is -2.24. The summed E-state index contributed by atoms with van der Waals surface area (Å²) in [6.45, 7) is -0.222. The molecule has 1 heterocycles. The van der Waals surface area contributed by atoms with E-state index in [1.807, 2.05) is 0 Å². The summed E-state index contributed by atoms with van der Waals surface area (Å²) in [6.07, 6.45) is -4.02. The number of nitrogens with zero attached hydrogens (tertiary/aromatic N) is 2. The molecule has 0 unspecified atom stereocenters. The van der Waals surface area contributed by atoms with Crippen molar-refractivity contribution < 1.29 is 18.3 Å². The van der Waals surface area contributed by atoms with Crippen molar-refractivity contribution >= 4 is 5.82 Å². The molecular formula is C10H14F3N3O2. The van der Waals surface area contributed by atoms with E-state index in [0.29, 0.717) is 12.2 Å². The third-order valence-electron chi connectivity index (χ3n) is 2.18. The Kier molecular flexibility index (Phi) is 4.71. The molecule has 0 aliphatic rings. The number of alkyl halides is 3. The summed E-state index contributed by atoms with van der Waals surface area (Å²) in [6, 6.07) is 0.987. The minimum absolute atomic E-state index is 0.0815. The maximum atomic E-state index is 12.4. The van der Waals surface area contributed by atoms with Crippen molar-refractivity contribution in [3.8, 4) is 0 Å². The predicted molar refractivity (Wildman–Crippen MR) is 59.6 cm³/mol. The van der Waals surface area contributed by atoms with Gasteiger partial charge in [-0.05, 0) is 0 Å². The number of H-pyrrole nitrogens is 1. The van der Waals surface area contributed by atoms with Gasteiger partial charge in [0.15, 0.2) is 0 Å². The van der Waals surface area contributed by atoms with Crippen LogP contribution in [0.4, 0.5) is 19.0 Å². The lowest BCUT2D eigenvalue weighted by Crippen LogP contribution is -2.37. The van der Waals surface area contributed by atoms with Crippen molar-refractivity contribution in [2.45, 2.75) is 19.5 Å². The zero-order valence-electron chi connectivity index (χ0n) is 9.79. The SMILES string of the molecule is CCc1nc(N(CCO)CC(F)(F)F)cc(=O)[nH]1. The number of hydrogen-bond acceptors (Lipinski definition) is 4. The van der Waals surface area contributed by atoms with Gasteiger partial charge in [-0.3, -0.25) is 4.79 Å². The van der Waals surface area contributed by atoms with Crippen LogP contribution in [0.1, 0.15) is 12.7 Å². The summed E-state index contributed by atoms with van der Waals surface area (Å²) < 4.78 is 37.1. The van der Waals surface area contributed by atoms with E-state index in [1.54, 1.807) is 6.92 Å². The Bertz CT molecular complexity index is 445. The van der Waals surface area contributed by atoms with Crippen molar-refractivity contribution in [1.82, 2.24) is 9.97 Å². The van der Waals surface area contributed by atoms with Crippen LogP contribution in [0, 0.1) is 0 Å². The Morgan fingerprint density at radius 3 is 2.67 bits per heavy atom. The lowest BCUT2D eigenvalue weighted by molar-refractivity contribution is -0.120. The average Bonchev–Trinajstić information content (AvgIpc) is 2.26. The summed E-state index contributed by atoms with van der Waals surface area (Å²) in [7, 11) is 0. The largest absolute Gasteiger partial charge is 0.405 e.